The molecule has 0 aliphatic rings. The SMILES string of the molecule is CC(=O)N[C@H](CC(=O)N[C@@H](C)c1nc2ccccc2[nH]1)c1ccc(C)cc1. The minimum atomic E-state index is -0.369. The van der Waals surface area contributed by atoms with Crippen LogP contribution in [-0.4, -0.2) is 21.8 Å². The van der Waals surface area contributed by atoms with E-state index in [1.807, 2.05) is 62.4 Å². The van der Waals surface area contributed by atoms with E-state index < -0.39 is 0 Å². The lowest BCUT2D eigenvalue weighted by atomic mass is 10.0. The highest BCUT2D eigenvalue weighted by molar-refractivity contribution is 5.80. The number of hydrogen-bond acceptors (Lipinski definition) is 3. The van der Waals surface area contributed by atoms with Crippen molar-refractivity contribution >= 4 is 22.8 Å². The smallest absolute Gasteiger partial charge is 0.222 e. The number of aromatic nitrogens is 2. The predicted molar refractivity (Wildman–Crippen MR) is 105 cm³/mol. The van der Waals surface area contributed by atoms with Crippen molar-refractivity contribution in [3.8, 4) is 0 Å². The first-order chi connectivity index (χ1) is 12.9. The summed E-state index contributed by atoms with van der Waals surface area (Å²) in [5.41, 5.74) is 3.83. The number of amides is 2. The highest BCUT2D eigenvalue weighted by Gasteiger charge is 2.20. The van der Waals surface area contributed by atoms with Gasteiger partial charge in [-0.15, -0.1) is 0 Å². The molecule has 3 N–H and O–H groups in total. The third-order valence-corrected chi connectivity index (χ3v) is 4.44. The summed E-state index contributed by atoms with van der Waals surface area (Å²) in [6, 6.07) is 14.9. The Labute approximate surface area is 158 Å². The van der Waals surface area contributed by atoms with Crippen molar-refractivity contribution < 1.29 is 9.59 Å². The number of aryl methyl sites for hydroxylation is 1. The Morgan fingerprint density at radius 3 is 2.44 bits per heavy atom. The van der Waals surface area contributed by atoms with Gasteiger partial charge >= 0.3 is 0 Å². The largest absolute Gasteiger partial charge is 0.349 e. The van der Waals surface area contributed by atoms with Gasteiger partial charge in [0.05, 0.1) is 29.5 Å². The number of hydrogen-bond donors (Lipinski definition) is 3. The number of nitrogens with one attached hydrogen (secondary N) is 3. The van der Waals surface area contributed by atoms with Crippen molar-refractivity contribution in [2.45, 2.75) is 39.3 Å². The second-order valence-corrected chi connectivity index (χ2v) is 6.80. The zero-order valence-electron chi connectivity index (χ0n) is 15.7. The molecule has 6 nitrogen and oxygen atoms in total. The average Bonchev–Trinajstić information content (AvgIpc) is 3.05. The minimum Gasteiger partial charge on any atom is -0.349 e. The van der Waals surface area contributed by atoms with Gasteiger partial charge in [0.15, 0.2) is 0 Å². The molecule has 3 rings (SSSR count). The molecule has 2 amide bonds. The lowest BCUT2D eigenvalue weighted by molar-refractivity contribution is -0.123. The quantitative estimate of drug-likeness (QED) is 0.627. The number of nitrogens with zero attached hydrogens (tertiary/aromatic N) is 1. The second-order valence-electron chi connectivity index (χ2n) is 6.80. The Balaban J connectivity index is 1.69. The number of H-pyrrole nitrogens is 1. The lowest BCUT2D eigenvalue weighted by Crippen LogP contribution is -2.34. The van der Waals surface area contributed by atoms with Crippen LogP contribution in [0.1, 0.15) is 49.3 Å². The van der Waals surface area contributed by atoms with E-state index in [1.54, 1.807) is 0 Å². The molecule has 1 aromatic heterocycles. The molecular weight excluding hydrogens is 340 g/mol. The first-order valence-corrected chi connectivity index (χ1v) is 9.00. The molecule has 0 fully saturated rings. The Morgan fingerprint density at radius 1 is 1.07 bits per heavy atom. The van der Waals surface area contributed by atoms with Gasteiger partial charge in [-0.3, -0.25) is 9.59 Å². The van der Waals surface area contributed by atoms with Gasteiger partial charge in [-0.1, -0.05) is 42.0 Å². The number of aromatic amines is 1. The Kier molecular flexibility index (Phi) is 5.54. The average molecular weight is 364 g/mol. The molecule has 140 valence electrons. The summed E-state index contributed by atoms with van der Waals surface area (Å²) in [5.74, 6) is 0.386. The van der Waals surface area contributed by atoms with Gasteiger partial charge in [0, 0.05) is 6.92 Å². The summed E-state index contributed by atoms with van der Waals surface area (Å²) < 4.78 is 0. The molecule has 0 saturated heterocycles. The fourth-order valence-electron chi connectivity index (χ4n) is 3.03. The maximum Gasteiger partial charge on any atom is 0.222 e. The van der Waals surface area contributed by atoms with Gasteiger partial charge in [-0.25, -0.2) is 4.98 Å². The van der Waals surface area contributed by atoms with E-state index in [0.29, 0.717) is 5.82 Å². The van der Waals surface area contributed by atoms with Crippen molar-refractivity contribution in [1.29, 1.82) is 0 Å². The Morgan fingerprint density at radius 2 is 1.78 bits per heavy atom. The van der Waals surface area contributed by atoms with E-state index in [1.165, 1.54) is 6.92 Å². The van der Waals surface area contributed by atoms with Crippen molar-refractivity contribution in [3.05, 3.63) is 65.5 Å². The zero-order chi connectivity index (χ0) is 19.4. The molecule has 0 bridgehead atoms. The predicted octanol–water partition coefficient (Wildman–Crippen LogP) is 3.32. The maximum atomic E-state index is 12.6. The van der Waals surface area contributed by atoms with Gasteiger partial charge in [0.1, 0.15) is 5.82 Å². The van der Waals surface area contributed by atoms with Crippen molar-refractivity contribution in [2.24, 2.45) is 0 Å². The number of para-hydroxylation sites is 2. The monoisotopic (exact) mass is 364 g/mol. The van der Waals surface area contributed by atoms with Crippen LogP contribution in [0.25, 0.3) is 11.0 Å². The van der Waals surface area contributed by atoms with Crippen LogP contribution < -0.4 is 10.6 Å². The molecule has 0 radical (unpaired) electrons. The van der Waals surface area contributed by atoms with Gasteiger partial charge in [-0.05, 0) is 31.5 Å². The summed E-state index contributed by atoms with van der Waals surface area (Å²) in [7, 11) is 0. The van der Waals surface area contributed by atoms with Crippen LogP contribution >= 0.6 is 0 Å². The van der Waals surface area contributed by atoms with Crippen LogP contribution in [0.4, 0.5) is 0 Å². The molecule has 6 heteroatoms. The number of carbonyl (C=O) groups is 2. The highest BCUT2D eigenvalue weighted by Crippen LogP contribution is 2.19. The Bertz CT molecular complexity index is 913. The third-order valence-electron chi connectivity index (χ3n) is 4.44. The van der Waals surface area contributed by atoms with Gasteiger partial charge < -0.3 is 15.6 Å². The zero-order valence-corrected chi connectivity index (χ0v) is 15.7. The van der Waals surface area contributed by atoms with Crippen LogP contribution in [0.2, 0.25) is 0 Å². The molecule has 0 saturated carbocycles. The summed E-state index contributed by atoms with van der Waals surface area (Å²) in [4.78, 5) is 31.9. The summed E-state index contributed by atoms with van der Waals surface area (Å²) in [6.45, 7) is 5.34. The lowest BCUT2D eigenvalue weighted by Gasteiger charge is -2.19. The van der Waals surface area contributed by atoms with Gasteiger partial charge in [0.2, 0.25) is 11.8 Å². The van der Waals surface area contributed by atoms with Crippen molar-refractivity contribution in [2.75, 3.05) is 0 Å². The number of fused-ring (bicyclic) bond motifs is 1. The molecule has 27 heavy (non-hydrogen) atoms. The standard InChI is InChI=1S/C21H24N4O2/c1-13-8-10-16(11-9-13)19(23-15(3)26)12-20(27)22-14(2)21-24-17-6-4-5-7-18(17)25-21/h4-11,14,19H,12H2,1-3H3,(H,22,27)(H,23,26)(H,24,25)/t14-,19+/m0/s1. The van der Waals surface area contributed by atoms with Gasteiger partial charge in [-0.2, -0.15) is 0 Å². The van der Waals surface area contributed by atoms with E-state index in [9.17, 15) is 9.59 Å². The number of benzene rings is 2. The fourth-order valence-corrected chi connectivity index (χ4v) is 3.03. The first kappa shape index (κ1) is 18.6. The van der Waals surface area contributed by atoms with Crippen molar-refractivity contribution in [3.63, 3.8) is 0 Å². The van der Waals surface area contributed by atoms with E-state index in [4.69, 9.17) is 0 Å². The number of rotatable bonds is 6. The van der Waals surface area contributed by atoms with Crippen LogP contribution in [0.15, 0.2) is 48.5 Å². The molecule has 2 aromatic carbocycles. The molecule has 0 aliphatic carbocycles. The molecule has 0 spiro atoms. The van der Waals surface area contributed by atoms with Crippen LogP contribution in [0.5, 0.6) is 0 Å². The topological polar surface area (TPSA) is 86.9 Å². The fraction of sp³-hybridized carbons (Fsp3) is 0.286. The van der Waals surface area contributed by atoms with E-state index in [0.717, 1.165) is 22.2 Å². The summed E-state index contributed by atoms with van der Waals surface area (Å²) in [5, 5.41) is 5.82. The molecule has 1 heterocycles. The molecule has 0 unspecified atom stereocenters. The molecule has 2 atom stereocenters. The molecule has 3 aromatic rings. The van der Waals surface area contributed by atoms with E-state index in [-0.39, 0.29) is 30.3 Å². The minimum absolute atomic E-state index is 0.151. The van der Waals surface area contributed by atoms with E-state index >= 15 is 0 Å². The third kappa shape index (κ3) is 4.73. The maximum absolute atomic E-state index is 12.6. The van der Waals surface area contributed by atoms with Crippen LogP contribution in [0, 0.1) is 6.92 Å². The van der Waals surface area contributed by atoms with Crippen LogP contribution in [-0.2, 0) is 9.59 Å². The molecular formula is C21H24N4O2. The van der Waals surface area contributed by atoms with Crippen molar-refractivity contribution in [1.82, 2.24) is 20.6 Å². The summed E-state index contributed by atoms with van der Waals surface area (Å²) in [6.07, 6.45) is 0.160. The normalized spacial score (nSPS) is 13.1. The van der Waals surface area contributed by atoms with Gasteiger partial charge in [0.25, 0.3) is 0 Å². The summed E-state index contributed by atoms with van der Waals surface area (Å²) >= 11 is 0. The number of imidazole rings is 1. The second kappa shape index (κ2) is 8.03. The van der Waals surface area contributed by atoms with E-state index in [2.05, 4.69) is 20.6 Å². The Hall–Kier alpha value is -3.15. The highest BCUT2D eigenvalue weighted by atomic mass is 16.2. The first-order valence-electron chi connectivity index (χ1n) is 9.00. The number of carbonyl (C=O) groups excluding carboxylic acids is 2. The van der Waals surface area contributed by atoms with Crippen LogP contribution in [0.3, 0.4) is 0 Å². The molecule has 0 aliphatic heterocycles.